The number of rotatable bonds is 4. The molecule has 1 aliphatic rings. The van der Waals surface area contributed by atoms with E-state index in [4.69, 9.17) is 0 Å². The Kier molecular flexibility index (Phi) is 4.38. The van der Waals surface area contributed by atoms with Gasteiger partial charge in [-0.15, -0.1) is 0 Å². The zero-order valence-electron chi connectivity index (χ0n) is 11.9. The van der Waals surface area contributed by atoms with E-state index in [1.165, 1.54) is 0 Å². The summed E-state index contributed by atoms with van der Waals surface area (Å²) >= 11 is 3.48. The van der Waals surface area contributed by atoms with Crippen molar-refractivity contribution in [3.05, 3.63) is 64.4 Å². The second-order valence-electron chi connectivity index (χ2n) is 5.64. The third-order valence-electron chi connectivity index (χ3n) is 4.10. The number of hydrogen-bond acceptors (Lipinski definition) is 3. The Balaban J connectivity index is 1.62. The predicted molar refractivity (Wildman–Crippen MR) is 87.0 cm³/mol. The molecule has 1 aromatic carbocycles. The quantitative estimate of drug-likeness (QED) is 0.924. The van der Waals surface area contributed by atoms with E-state index in [1.54, 1.807) is 0 Å². The summed E-state index contributed by atoms with van der Waals surface area (Å²) in [5.74, 6) is 0. The third kappa shape index (κ3) is 3.51. The summed E-state index contributed by atoms with van der Waals surface area (Å²) in [6.07, 6.45) is 3.54. The molecule has 1 aromatic heterocycles. The summed E-state index contributed by atoms with van der Waals surface area (Å²) in [5.41, 5.74) is 1.38. The second-order valence-corrected chi connectivity index (χ2v) is 6.55. The Morgan fingerprint density at radius 3 is 2.90 bits per heavy atom. The van der Waals surface area contributed by atoms with Gasteiger partial charge in [-0.2, -0.15) is 0 Å². The van der Waals surface area contributed by atoms with Gasteiger partial charge in [0, 0.05) is 42.4 Å². The first-order chi connectivity index (χ1) is 10.2. The van der Waals surface area contributed by atoms with Crippen LogP contribution in [-0.2, 0) is 12.0 Å². The van der Waals surface area contributed by atoms with Crippen LogP contribution in [0.25, 0.3) is 0 Å². The van der Waals surface area contributed by atoms with Gasteiger partial charge in [-0.3, -0.25) is 9.88 Å². The first kappa shape index (κ1) is 14.7. The fraction of sp³-hybridized carbons (Fsp3) is 0.353. The van der Waals surface area contributed by atoms with Crippen LogP contribution in [0.3, 0.4) is 0 Å². The summed E-state index contributed by atoms with van der Waals surface area (Å²) in [6, 6.07) is 14.0. The van der Waals surface area contributed by atoms with E-state index in [0.29, 0.717) is 6.54 Å². The van der Waals surface area contributed by atoms with Gasteiger partial charge in [0.2, 0.25) is 0 Å². The topological polar surface area (TPSA) is 36.4 Å². The average Bonchev–Trinajstić information content (AvgIpc) is 2.89. The zero-order valence-corrected chi connectivity index (χ0v) is 13.5. The predicted octanol–water partition coefficient (Wildman–Crippen LogP) is 2.98. The van der Waals surface area contributed by atoms with Crippen LogP contribution >= 0.6 is 15.9 Å². The Morgan fingerprint density at radius 2 is 2.14 bits per heavy atom. The van der Waals surface area contributed by atoms with Gasteiger partial charge in [0.05, 0.1) is 0 Å². The summed E-state index contributed by atoms with van der Waals surface area (Å²) in [7, 11) is 0. The molecular weight excluding hydrogens is 328 g/mol. The number of likely N-dealkylation sites (tertiary alicyclic amines) is 1. The van der Waals surface area contributed by atoms with Crippen molar-refractivity contribution in [1.29, 1.82) is 0 Å². The molecule has 2 heterocycles. The Hall–Kier alpha value is -1.23. The molecule has 0 saturated carbocycles. The van der Waals surface area contributed by atoms with E-state index >= 15 is 0 Å². The maximum Gasteiger partial charge on any atom is 0.103 e. The van der Waals surface area contributed by atoms with Crippen LogP contribution in [0.5, 0.6) is 0 Å². The minimum absolute atomic E-state index is 0.691. The molecule has 1 fully saturated rings. The first-order valence-corrected chi connectivity index (χ1v) is 8.06. The molecular formula is C17H19BrN2O. The normalized spacial score (nSPS) is 22.6. The molecule has 1 saturated heterocycles. The van der Waals surface area contributed by atoms with Gasteiger partial charge in [0.15, 0.2) is 0 Å². The third-order valence-corrected chi connectivity index (χ3v) is 4.59. The number of β-amino-alcohol motifs (C(OH)–C–C–N with tert-alkyl or cyclic N) is 1. The highest BCUT2D eigenvalue weighted by Gasteiger charge is 2.37. The first-order valence-electron chi connectivity index (χ1n) is 7.26. The molecule has 110 valence electrons. The fourth-order valence-corrected chi connectivity index (χ4v) is 3.29. The van der Waals surface area contributed by atoms with E-state index in [-0.39, 0.29) is 0 Å². The fourth-order valence-electron chi connectivity index (χ4n) is 2.89. The Bertz CT molecular complexity index is 605. The van der Waals surface area contributed by atoms with Crippen molar-refractivity contribution in [3.8, 4) is 0 Å². The van der Waals surface area contributed by atoms with E-state index in [1.807, 2.05) is 42.6 Å². The molecule has 4 heteroatoms. The molecule has 3 nitrogen and oxygen atoms in total. The van der Waals surface area contributed by atoms with Crippen molar-refractivity contribution in [2.45, 2.75) is 18.4 Å². The largest absolute Gasteiger partial charge is 0.384 e. The highest BCUT2D eigenvalue weighted by atomic mass is 79.9. The number of halogens is 1. The van der Waals surface area contributed by atoms with Crippen LogP contribution < -0.4 is 0 Å². The van der Waals surface area contributed by atoms with Crippen molar-refractivity contribution < 1.29 is 5.11 Å². The highest BCUT2D eigenvalue weighted by Crippen LogP contribution is 2.33. The molecule has 0 amide bonds. The number of hydrogen-bond donors (Lipinski definition) is 1. The van der Waals surface area contributed by atoms with Gasteiger partial charge < -0.3 is 5.11 Å². The van der Waals surface area contributed by atoms with Gasteiger partial charge in [-0.05, 0) is 36.2 Å². The summed E-state index contributed by atoms with van der Waals surface area (Å²) in [5, 5.41) is 10.9. The van der Waals surface area contributed by atoms with Crippen LogP contribution in [0.15, 0.2) is 53.1 Å². The maximum absolute atomic E-state index is 10.9. The van der Waals surface area contributed by atoms with E-state index < -0.39 is 5.60 Å². The van der Waals surface area contributed by atoms with E-state index in [2.05, 4.69) is 31.9 Å². The molecule has 21 heavy (non-hydrogen) atoms. The monoisotopic (exact) mass is 346 g/mol. The molecule has 1 N–H and O–H groups in total. The standard InChI is InChI=1S/C17H19BrN2O/c18-15-5-3-4-14(12-15)17(21)8-11-20(13-17)10-7-16-6-1-2-9-19-16/h1-6,9,12,21H,7-8,10-11,13H2. The van der Waals surface area contributed by atoms with Crippen molar-refractivity contribution >= 4 is 15.9 Å². The van der Waals surface area contributed by atoms with Crippen LogP contribution in [0.1, 0.15) is 17.7 Å². The molecule has 1 unspecified atom stereocenters. The maximum atomic E-state index is 10.9. The number of aliphatic hydroxyl groups is 1. The molecule has 1 aliphatic heterocycles. The number of nitrogens with zero attached hydrogens (tertiary/aromatic N) is 2. The van der Waals surface area contributed by atoms with Crippen LogP contribution in [-0.4, -0.2) is 34.6 Å². The molecule has 3 rings (SSSR count). The Labute approximate surface area is 133 Å². The minimum atomic E-state index is -0.728. The Morgan fingerprint density at radius 1 is 1.24 bits per heavy atom. The van der Waals surface area contributed by atoms with Gasteiger partial charge in [0.25, 0.3) is 0 Å². The molecule has 0 radical (unpaired) electrons. The SMILES string of the molecule is OC1(c2cccc(Br)c2)CCN(CCc2ccccn2)C1. The molecule has 1 atom stereocenters. The van der Waals surface area contributed by atoms with E-state index in [0.717, 1.165) is 41.7 Å². The van der Waals surface area contributed by atoms with Crippen molar-refractivity contribution in [3.63, 3.8) is 0 Å². The van der Waals surface area contributed by atoms with Gasteiger partial charge in [-0.1, -0.05) is 34.1 Å². The van der Waals surface area contributed by atoms with Crippen LogP contribution in [0, 0.1) is 0 Å². The minimum Gasteiger partial charge on any atom is -0.384 e. The molecule has 0 bridgehead atoms. The number of benzene rings is 1. The number of pyridine rings is 1. The zero-order chi connectivity index (χ0) is 14.7. The lowest BCUT2D eigenvalue weighted by atomic mass is 9.93. The molecule has 0 spiro atoms. The second kappa shape index (κ2) is 6.26. The smallest absolute Gasteiger partial charge is 0.103 e. The summed E-state index contributed by atoms with van der Waals surface area (Å²) in [6.45, 7) is 2.56. The average molecular weight is 347 g/mol. The van der Waals surface area contributed by atoms with Crippen LogP contribution in [0.2, 0.25) is 0 Å². The van der Waals surface area contributed by atoms with Gasteiger partial charge in [0.1, 0.15) is 5.60 Å². The molecule has 0 aliphatic carbocycles. The van der Waals surface area contributed by atoms with Gasteiger partial charge >= 0.3 is 0 Å². The van der Waals surface area contributed by atoms with Crippen molar-refractivity contribution in [2.24, 2.45) is 0 Å². The summed E-state index contributed by atoms with van der Waals surface area (Å²) in [4.78, 5) is 6.67. The van der Waals surface area contributed by atoms with Crippen molar-refractivity contribution in [1.82, 2.24) is 9.88 Å². The van der Waals surface area contributed by atoms with Crippen LogP contribution in [0.4, 0.5) is 0 Å². The molecule has 2 aromatic rings. The lowest BCUT2D eigenvalue weighted by Crippen LogP contribution is -2.31. The van der Waals surface area contributed by atoms with Gasteiger partial charge in [-0.25, -0.2) is 0 Å². The van der Waals surface area contributed by atoms with Crippen molar-refractivity contribution in [2.75, 3.05) is 19.6 Å². The number of aromatic nitrogens is 1. The highest BCUT2D eigenvalue weighted by molar-refractivity contribution is 9.10. The lowest BCUT2D eigenvalue weighted by Gasteiger charge is -2.24. The van der Waals surface area contributed by atoms with E-state index in [9.17, 15) is 5.11 Å². The summed E-state index contributed by atoms with van der Waals surface area (Å²) < 4.78 is 1.01. The lowest BCUT2D eigenvalue weighted by molar-refractivity contribution is 0.0462.